The van der Waals surface area contributed by atoms with Gasteiger partial charge in [-0.1, -0.05) is 36.6 Å². The maximum Gasteiger partial charge on any atom is 0.0408 e. The van der Waals surface area contributed by atoms with Crippen molar-refractivity contribution in [1.82, 2.24) is 4.90 Å². The zero-order chi connectivity index (χ0) is 14.5. The van der Waals surface area contributed by atoms with Crippen molar-refractivity contribution in [3.8, 4) is 0 Å². The highest BCUT2D eigenvalue weighted by Gasteiger charge is 2.28. The van der Waals surface area contributed by atoms with Crippen molar-refractivity contribution in [2.24, 2.45) is 5.92 Å². The van der Waals surface area contributed by atoms with E-state index >= 15 is 0 Å². The van der Waals surface area contributed by atoms with Gasteiger partial charge in [0.1, 0.15) is 0 Å². The van der Waals surface area contributed by atoms with E-state index in [1.54, 1.807) is 0 Å². The number of piperidine rings is 1. The minimum atomic E-state index is 0.755. The van der Waals surface area contributed by atoms with Crippen molar-refractivity contribution in [3.05, 3.63) is 34.9 Å². The van der Waals surface area contributed by atoms with Crippen LogP contribution in [-0.4, -0.2) is 24.5 Å². The Labute approximate surface area is 134 Å². The van der Waals surface area contributed by atoms with Crippen LogP contribution in [0, 0.1) is 5.92 Å². The third kappa shape index (κ3) is 4.23. The number of halogens is 1. The summed E-state index contributed by atoms with van der Waals surface area (Å²) in [6.45, 7) is 3.99. The molecule has 0 spiro atoms. The van der Waals surface area contributed by atoms with Gasteiger partial charge in [-0.05, 0) is 87.7 Å². The Balaban J connectivity index is 1.50. The van der Waals surface area contributed by atoms with E-state index < -0.39 is 0 Å². The first-order valence-electron chi connectivity index (χ1n) is 8.81. The second-order valence-electron chi connectivity index (χ2n) is 6.90. The lowest BCUT2D eigenvalue weighted by Crippen LogP contribution is -2.30. The van der Waals surface area contributed by atoms with Gasteiger partial charge in [0, 0.05) is 5.02 Å². The highest BCUT2D eigenvalue weighted by Crippen LogP contribution is 2.42. The van der Waals surface area contributed by atoms with Crippen molar-refractivity contribution in [1.29, 1.82) is 0 Å². The Morgan fingerprint density at radius 2 is 1.90 bits per heavy atom. The highest BCUT2D eigenvalue weighted by molar-refractivity contribution is 6.30. The molecule has 2 unspecified atom stereocenters. The monoisotopic (exact) mass is 305 g/mol. The molecule has 0 aromatic heterocycles. The number of hydrogen-bond donors (Lipinski definition) is 0. The summed E-state index contributed by atoms with van der Waals surface area (Å²) in [6.07, 6.45) is 11.2. The predicted octanol–water partition coefficient (Wildman–Crippen LogP) is 5.49. The summed E-state index contributed by atoms with van der Waals surface area (Å²) < 4.78 is 0. The number of likely N-dealkylation sites (tertiary alicyclic amines) is 1. The molecule has 1 aliphatic heterocycles. The smallest absolute Gasteiger partial charge is 0.0408 e. The van der Waals surface area contributed by atoms with Crippen LogP contribution >= 0.6 is 11.6 Å². The molecule has 1 aliphatic carbocycles. The summed E-state index contributed by atoms with van der Waals surface area (Å²) in [4.78, 5) is 2.67. The third-order valence-corrected chi connectivity index (χ3v) is 5.67. The predicted molar refractivity (Wildman–Crippen MR) is 91.1 cm³/mol. The minimum absolute atomic E-state index is 0.755. The minimum Gasteiger partial charge on any atom is -0.303 e. The zero-order valence-electron chi connectivity index (χ0n) is 13.1. The molecule has 3 rings (SSSR count). The van der Waals surface area contributed by atoms with Crippen LogP contribution in [0.2, 0.25) is 5.02 Å². The summed E-state index contributed by atoms with van der Waals surface area (Å²) in [6, 6.07) is 8.57. The molecule has 0 amide bonds. The highest BCUT2D eigenvalue weighted by atomic mass is 35.5. The topological polar surface area (TPSA) is 3.24 Å². The van der Waals surface area contributed by atoms with Crippen molar-refractivity contribution in [3.63, 3.8) is 0 Å². The van der Waals surface area contributed by atoms with E-state index in [0.29, 0.717) is 0 Å². The Hall–Kier alpha value is -0.530. The molecule has 0 radical (unpaired) electrons. The fraction of sp³-hybridized carbons (Fsp3) is 0.684. The molecule has 1 aromatic rings. The van der Waals surface area contributed by atoms with Gasteiger partial charge in [-0.2, -0.15) is 0 Å². The molecule has 1 nitrogen and oxygen atoms in total. The van der Waals surface area contributed by atoms with E-state index in [0.717, 1.165) is 16.9 Å². The SMILES string of the molecule is Clc1cccc(C2CCCC2CCCN2CCCCC2)c1. The summed E-state index contributed by atoms with van der Waals surface area (Å²) >= 11 is 6.17. The van der Waals surface area contributed by atoms with Crippen molar-refractivity contribution in [2.45, 2.75) is 57.3 Å². The van der Waals surface area contributed by atoms with Crippen LogP contribution < -0.4 is 0 Å². The molecule has 1 aromatic carbocycles. The van der Waals surface area contributed by atoms with Crippen LogP contribution in [-0.2, 0) is 0 Å². The second-order valence-corrected chi connectivity index (χ2v) is 7.33. The van der Waals surface area contributed by atoms with Crippen LogP contribution in [0.1, 0.15) is 62.8 Å². The van der Waals surface area contributed by atoms with Crippen molar-refractivity contribution < 1.29 is 0 Å². The van der Waals surface area contributed by atoms with Gasteiger partial charge in [0.25, 0.3) is 0 Å². The van der Waals surface area contributed by atoms with Crippen molar-refractivity contribution >= 4 is 11.6 Å². The quantitative estimate of drug-likeness (QED) is 0.695. The summed E-state index contributed by atoms with van der Waals surface area (Å²) in [5.41, 5.74) is 1.47. The normalized spacial score (nSPS) is 27.1. The Kier molecular flexibility index (Phi) is 5.60. The Morgan fingerprint density at radius 3 is 2.71 bits per heavy atom. The first-order valence-corrected chi connectivity index (χ1v) is 9.18. The van der Waals surface area contributed by atoms with E-state index in [-0.39, 0.29) is 0 Å². The maximum absolute atomic E-state index is 6.17. The van der Waals surface area contributed by atoms with Gasteiger partial charge in [-0.3, -0.25) is 0 Å². The van der Waals surface area contributed by atoms with Crippen LogP contribution in [0.15, 0.2) is 24.3 Å². The molecule has 0 N–H and O–H groups in total. The number of hydrogen-bond acceptors (Lipinski definition) is 1. The van der Waals surface area contributed by atoms with Gasteiger partial charge in [0.2, 0.25) is 0 Å². The van der Waals surface area contributed by atoms with E-state index in [1.165, 1.54) is 76.6 Å². The molecule has 1 saturated carbocycles. The molecule has 2 heteroatoms. The zero-order valence-corrected chi connectivity index (χ0v) is 13.8. The summed E-state index contributed by atoms with van der Waals surface area (Å²) in [5, 5.41) is 0.895. The first kappa shape index (κ1) is 15.4. The molecular formula is C19H28ClN. The lowest BCUT2D eigenvalue weighted by molar-refractivity contribution is 0.218. The Bertz CT molecular complexity index is 439. The first-order chi connectivity index (χ1) is 10.3. The maximum atomic E-state index is 6.17. The molecular weight excluding hydrogens is 278 g/mol. The van der Waals surface area contributed by atoms with Gasteiger partial charge in [-0.15, -0.1) is 0 Å². The number of rotatable bonds is 5. The molecule has 2 fully saturated rings. The standard InChI is InChI=1S/C19H28ClN/c20-18-10-4-8-17(15-18)19-11-5-7-16(19)9-6-14-21-12-2-1-3-13-21/h4,8,10,15-16,19H,1-3,5-7,9,11-14H2. The summed E-state index contributed by atoms with van der Waals surface area (Å²) in [5.74, 6) is 1.64. The molecule has 1 saturated heterocycles. The molecule has 0 bridgehead atoms. The lowest BCUT2D eigenvalue weighted by Gasteiger charge is -2.27. The lowest BCUT2D eigenvalue weighted by atomic mass is 9.86. The molecule has 1 heterocycles. The van der Waals surface area contributed by atoms with Crippen LogP contribution in [0.4, 0.5) is 0 Å². The largest absolute Gasteiger partial charge is 0.303 e. The van der Waals surface area contributed by atoms with Crippen molar-refractivity contribution in [2.75, 3.05) is 19.6 Å². The number of benzene rings is 1. The van der Waals surface area contributed by atoms with Crippen LogP contribution in [0.25, 0.3) is 0 Å². The van der Waals surface area contributed by atoms with Gasteiger partial charge in [0.15, 0.2) is 0 Å². The van der Waals surface area contributed by atoms with E-state index in [4.69, 9.17) is 11.6 Å². The van der Waals surface area contributed by atoms with Crippen LogP contribution in [0.5, 0.6) is 0 Å². The third-order valence-electron chi connectivity index (χ3n) is 5.43. The van der Waals surface area contributed by atoms with Gasteiger partial charge < -0.3 is 4.90 Å². The van der Waals surface area contributed by atoms with Crippen LogP contribution in [0.3, 0.4) is 0 Å². The van der Waals surface area contributed by atoms with Gasteiger partial charge >= 0.3 is 0 Å². The number of nitrogens with zero attached hydrogens (tertiary/aromatic N) is 1. The van der Waals surface area contributed by atoms with Gasteiger partial charge in [-0.25, -0.2) is 0 Å². The molecule has 21 heavy (non-hydrogen) atoms. The molecule has 2 atom stereocenters. The molecule has 116 valence electrons. The fourth-order valence-corrected chi connectivity index (χ4v) is 4.52. The average molecular weight is 306 g/mol. The fourth-order valence-electron chi connectivity index (χ4n) is 4.32. The molecule has 2 aliphatic rings. The van der Waals surface area contributed by atoms with E-state index in [9.17, 15) is 0 Å². The second kappa shape index (κ2) is 7.65. The van der Waals surface area contributed by atoms with E-state index in [2.05, 4.69) is 23.1 Å². The van der Waals surface area contributed by atoms with E-state index in [1.807, 2.05) is 6.07 Å². The Morgan fingerprint density at radius 1 is 1.05 bits per heavy atom. The van der Waals surface area contributed by atoms with Gasteiger partial charge in [0.05, 0.1) is 0 Å². The summed E-state index contributed by atoms with van der Waals surface area (Å²) in [7, 11) is 0. The average Bonchev–Trinajstić information content (AvgIpc) is 2.97.